The van der Waals surface area contributed by atoms with Crippen LogP contribution < -0.4 is 11.5 Å². The van der Waals surface area contributed by atoms with E-state index in [0.29, 0.717) is 12.3 Å². The van der Waals surface area contributed by atoms with E-state index in [9.17, 15) is 9.59 Å². The van der Waals surface area contributed by atoms with Gasteiger partial charge in [0, 0.05) is 0 Å². The Balaban J connectivity index is 4.38. The molecule has 0 heterocycles. The van der Waals surface area contributed by atoms with Crippen LogP contribution in [0.25, 0.3) is 0 Å². The molecule has 0 amide bonds. The van der Waals surface area contributed by atoms with E-state index in [1.807, 2.05) is 27.7 Å². The van der Waals surface area contributed by atoms with Gasteiger partial charge in [0.05, 0.1) is 12.1 Å². The highest BCUT2D eigenvalue weighted by atomic mass is 16.2. The molecule has 0 unspecified atom stereocenters. The molecular formula is C11H22N2O2. The molecule has 88 valence electrons. The smallest absolute Gasteiger partial charge is 0.216 e. The van der Waals surface area contributed by atoms with E-state index in [1.54, 1.807) is 0 Å². The summed E-state index contributed by atoms with van der Waals surface area (Å²) in [5, 5.41) is 0. The van der Waals surface area contributed by atoms with Crippen LogP contribution in [0.4, 0.5) is 0 Å². The van der Waals surface area contributed by atoms with Crippen molar-refractivity contribution in [2.75, 3.05) is 0 Å². The normalized spacial score (nSPS) is 15.5. The molecule has 0 saturated carbocycles. The second-order valence-corrected chi connectivity index (χ2v) is 4.73. The first-order valence-electron chi connectivity index (χ1n) is 5.36. The van der Waals surface area contributed by atoms with Gasteiger partial charge in [0.2, 0.25) is 11.6 Å². The van der Waals surface area contributed by atoms with E-state index in [0.717, 1.165) is 0 Å². The lowest BCUT2D eigenvalue weighted by molar-refractivity contribution is -0.138. The number of Topliss-reactive ketones (excluding diaryl/α,β-unsaturated/α-hetero) is 2. The lowest BCUT2D eigenvalue weighted by Crippen LogP contribution is -2.47. The molecule has 0 fully saturated rings. The van der Waals surface area contributed by atoms with Gasteiger partial charge in [0.25, 0.3) is 0 Å². The van der Waals surface area contributed by atoms with Crippen LogP contribution in [0.15, 0.2) is 0 Å². The molecule has 0 spiro atoms. The predicted molar refractivity (Wildman–Crippen MR) is 60.3 cm³/mol. The van der Waals surface area contributed by atoms with Crippen LogP contribution in [0.3, 0.4) is 0 Å². The highest BCUT2D eigenvalue weighted by molar-refractivity contribution is 6.40. The van der Waals surface area contributed by atoms with Gasteiger partial charge in [-0.2, -0.15) is 0 Å². The largest absolute Gasteiger partial charge is 0.321 e. The fraction of sp³-hybridized carbons (Fsp3) is 0.818. The van der Waals surface area contributed by atoms with Crippen LogP contribution in [0.1, 0.15) is 34.1 Å². The average Bonchev–Trinajstić information content (AvgIpc) is 2.13. The molecule has 0 saturated heterocycles. The lowest BCUT2D eigenvalue weighted by Gasteiger charge is -2.17. The molecule has 4 nitrogen and oxygen atoms in total. The Morgan fingerprint density at radius 2 is 1.47 bits per heavy atom. The van der Waals surface area contributed by atoms with Crippen molar-refractivity contribution in [1.82, 2.24) is 0 Å². The predicted octanol–water partition coefficient (Wildman–Crippen LogP) is 0.481. The first-order chi connectivity index (χ1) is 6.77. The maximum absolute atomic E-state index is 11.6. The summed E-state index contributed by atoms with van der Waals surface area (Å²) in [6, 6.07) is -1.43. The Morgan fingerprint density at radius 1 is 1.00 bits per heavy atom. The molecule has 4 N–H and O–H groups in total. The summed E-state index contributed by atoms with van der Waals surface area (Å²) in [7, 11) is 0. The second kappa shape index (κ2) is 5.98. The standard InChI is InChI=1S/C11H22N2O2/c1-6(2)5-8(12)10(14)11(15)9(13)7(3)4/h6-9H,5,12-13H2,1-4H3/t8-,9-/m0/s1. The average molecular weight is 214 g/mol. The molecule has 0 radical (unpaired) electrons. The van der Waals surface area contributed by atoms with E-state index in [4.69, 9.17) is 11.5 Å². The first kappa shape index (κ1) is 14.3. The highest BCUT2D eigenvalue weighted by Crippen LogP contribution is 2.07. The minimum Gasteiger partial charge on any atom is -0.321 e. The monoisotopic (exact) mass is 214 g/mol. The van der Waals surface area contributed by atoms with E-state index >= 15 is 0 Å². The van der Waals surface area contributed by atoms with Gasteiger partial charge < -0.3 is 11.5 Å². The Bertz CT molecular complexity index is 237. The Morgan fingerprint density at radius 3 is 1.80 bits per heavy atom. The highest BCUT2D eigenvalue weighted by Gasteiger charge is 2.28. The molecule has 0 aromatic rings. The number of nitrogens with two attached hydrogens (primary N) is 2. The van der Waals surface area contributed by atoms with Crippen molar-refractivity contribution in [2.45, 2.75) is 46.2 Å². The van der Waals surface area contributed by atoms with E-state index in [1.165, 1.54) is 0 Å². The van der Waals surface area contributed by atoms with Gasteiger partial charge in [-0.3, -0.25) is 9.59 Å². The molecule has 4 heteroatoms. The van der Waals surface area contributed by atoms with Crippen molar-refractivity contribution in [3.8, 4) is 0 Å². The third kappa shape index (κ3) is 4.53. The molecule has 0 aliphatic heterocycles. The molecule has 0 aliphatic carbocycles. The van der Waals surface area contributed by atoms with Crippen LogP contribution in [-0.4, -0.2) is 23.7 Å². The second-order valence-electron chi connectivity index (χ2n) is 4.73. The summed E-state index contributed by atoms with van der Waals surface area (Å²) < 4.78 is 0. The van der Waals surface area contributed by atoms with Gasteiger partial charge in [-0.05, 0) is 18.3 Å². The summed E-state index contributed by atoms with van der Waals surface area (Å²) in [6.07, 6.45) is 0.523. The van der Waals surface area contributed by atoms with Crippen LogP contribution in [0, 0.1) is 11.8 Å². The lowest BCUT2D eigenvalue weighted by atomic mass is 9.92. The zero-order valence-corrected chi connectivity index (χ0v) is 9.99. The zero-order chi connectivity index (χ0) is 12.2. The topological polar surface area (TPSA) is 86.2 Å². The van der Waals surface area contributed by atoms with Crippen LogP contribution in [0.5, 0.6) is 0 Å². The third-order valence-electron chi connectivity index (χ3n) is 2.33. The summed E-state index contributed by atoms with van der Waals surface area (Å²) in [5.41, 5.74) is 11.2. The first-order valence-corrected chi connectivity index (χ1v) is 5.36. The van der Waals surface area contributed by atoms with Gasteiger partial charge >= 0.3 is 0 Å². The minimum absolute atomic E-state index is 0.0345. The van der Waals surface area contributed by atoms with Crippen LogP contribution in [-0.2, 0) is 9.59 Å². The molecule has 15 heavy (non-hydrogen) atoms. The number of carbonyl (C=O) groups excluding carboxylic acids is 2. The fourth-order valence-corrected chi connectivity index (χ4v) is 1.26. The quantitative estimate of drug-likeness (QED) is 0.630. The van der Waals surface area contributed by atoms with Crippen LogP contribution in [0.2, 0.25) is 0 Å². The molecular weight excluding hydrogens is 192 g/mol. The van der Waals surface area contributed by atoms with E-state index in [-0.39, 0.29) is 5.92 Å². The molecule has 2 atom stereocenters. The minimum atomic E-state index is -0.726. The molecule has 0 rings (SSSR count). The van der Waals surface area contributed by atoms with E-state index < -0.39 is 23.7 Å². The van der Waals surface area contributed by atoms with Crippen molar-refractivity contribution in [1.29, 1.82) is 0 Å². The molecule has 0 aromatic heterocycles. The van der Waals surface area contributed by atoms with Crippen molar-refractivity contribution in [3.05, 3.63) is 0 Å². The van der Waals surface area contributed by atoms with Gasteiger partial charge in [0.1, 0.15) is 0 Å². The SMILES string of the molecule is CC(C)C[C@H](N)C(=O)C(=O)[C@@H](N)C(C)C. The van der Waals surface area contributed by atoms with Crippen LogP contribution >= 0.6 is 0 Å². The van der Waals surface area contributed by atoms with Crippen molar-refractivity contribution >= 4 is 11.6 Å². The Kier molecular flexibility index (Phi) is 5.68. The molecule has 0 bridgehead atoms. The van der Waals surface area contributed by atoms with E-state index in [2.05, 4.69) is 0 Å². The van der Waals surface area contributed by atoms with Gasteiger partial charge in [-0.25, -0.2) is 0 Å². The summed E-state index contributed by atoms with van der Waals surface area (Å²) in [5.74, 6) is -0.817. The molecule has 0 aliphatic rings. The number of ketones is 2. The van der Waals surface area contributed by atoms with Crippen molar-refractivity contribution < 1.29 is 9.59 Å². The van der Waals surface area contributed by atoms with Gasteiger partial charge in [0.15, 0.2) is 0 Å². The van der Waals surface area contributed by atoms with Crippen molar-refractivity contribution in [3.63, 3.8) is 0 Å². The van der Waals surface area contributed by atoms with Crippen molar-refractivity contribution in [2.24, 2.45) is 23.3 Å². The maximum atomic E-state index is 11.6. The number of hydrogen-bond donors (Lipinski definition) is 2. The number of rotatable bonds is 6. The third-order valence-corrected chi connectivity index (χ3v) is 2.33. The van der Waals surface area contributed by atoms with Gasteiger partial charge in [-0.15, -0.1) is 0 Å². The Labute approximate surface area is 91.4 Å². The maximum Gasteiger partial charge on any atom is 0.216 e. The molecule has 0 aromatic carbocycles. The zero-order valence-electron chi connectivity index (χ0n) is 9.99. The number of hydrogen-bond acceptors (Lipinski definition) is 4. The van der Waals surface area contributed by atoms with Gasteiger partial charge in [-0.1, -0.05) is 27.7 Å². The fourth-order valence-electron chi connectivity index (χ4n) is 1.26. The number of carbonyl (C=O) groups is 2. The summed E-state index contributed by atoms with van der Waals surface area (Å²) in [6.45, 7) is 7.54. The Hall–Kier alpha value is -0.740. The summed E-state index contributed by atoms with van der Waals surface area (Å²) >= 11 is 0. The summed E-state index contributed by atoms with van der Waals surface area (Å²) in [4.78, 5) is 23.1.